The number of halogens is 1. The van der Waals surface area contributed by atoms with Gasteiger partial charge < -0.3 is 15.8 Å². The molecule has 1 fully saturated rings. The van der Waals surface area contributed by atoms with Gasteiger partial charge in [-0.25, -0.2) is 0 Å². The fourth-order valence-corrected chi connectivity index (χ4v) is 2.26. The van der Waals surface area contributed by atoms with E-state index in [-0.39, 0.29) is 18.1 Å². The largest absolute Gasteiger partial charge is 0.364 e. The van der Waals surface area contributed by atoms with Crippen LogP contribution in [0.5, 0.6) is 0 Å². The third kappa shape index (κ3) is 3.28. The van der Waals surface area contributed by atoms with Crippen LogP contribution in [0.2, 0.25) is 0 Å². The maximum Gasteiger partial charge on any atom is 0.253 e. The Bertz CT molecular complexity index is 411. The number of carbonyl (C=O) groups excluding carboxylic acids is 1. The summed E-state index contributed by atoms with van der Waals surface area (Å²) in [6, 6.07) is 7.48. The van der Waals surface area contributed by atoms with Crippen molar-refractivity contribution >= 4 is 27.5 Å². The van der Waals surface area contributed by atoms with Crippen molar-refractivity contribution in [3.05, 3.63) is 28.7 Å². The van der Waals surface area contributed by atoms with Gasteiger partial charge in [-0.2, -0.15) is 0 Å². The molecule has 0 aromatic heterocycles. The fourth-order valence-electron chi connectivity index (χ4n) is 1.86. The van der Waals surface area contributed by atoms with E-state index in [1.807, 2.05) is 24.3 Å². The lowest BCUT2D eigenvalue weighted by atomic mass is 10.2. The molecule has 1 aromatic rings. The number of nitrogens with two attached hydrogens (primary N) is 1. The number of hydrogen-bond donors (Lipinski definition) is 2. The summed E-state index contributed by atoms with van der Waals surface area (Å²) in [5.74, 6) is -0.0981. The zero-order valence-corrected chi connectivity index (χ0v) is 10.9. The van der Waals surface area contributed by atoms with Gasteiger partial charge in [0.2, 0.25) is 0 Å². The van der Waals surface area contributed by atoms with Gasteiger partial charge >= 0.3 is 0 Å². The first-order valence-electron chi connectivity index (χ1n) is 5.61. The molecule has 1 aliphatic rings. The molecule has 4 nitrogen and oxygen atoms in total. The van der Waals surface area contributed by atoms with Crippen molar-refractivity contribution < 1.29 is 9.53 Å². The molecule has 3 N–H and O–H groups in total. The Labute approximate surface area is 109 Å². The van der Waals surface area contributed by atoms with Crippen LogP contribution in [0, 0.1) is 0 Å². The van der Waals surface area contributed by atoms with Crippen molar-refractivity contribution in [2.45, 2.75) is 25.0 Å². The maximum absolute atomic E-state index is 11.9. The standard InChI is InChI=1S/C12H15BrN2O2/c13-8-2-1-3-9(6-8)15-12(16)11-5-4-10(7-14)17-11/h1-3,6,10-11H,4-5,7,14H2,(H,15,16). The summed E-state index contributed by atoms with van der Waals surface area (Å²) in [5.41, 5.74) is 6.27. The molecule has 0 bridgehead atoms. The van der Waals surface area contributed by atoms with E-state index >= 15 is 0 Å². The van der Waals surface area contributed by atoms with Crippen LogP contribution in [0.25, 0.3) is 0 Å². The van der Waals surface area contributed by atoms with Crippen molar-refractivity contribution in [3.8, 4) is 0 Å². The first kappa shape index (κ1) is 12.5. The molecule has 1 aliphatic heterocycles. The monoisotopic (exact) mass is 298 g/mol. The summed E-state index contributed by atoms with van der Waals surface area (Å²) in [7, 11) is 0. The Balaban J connectivity index is 1.93. The molecule has 1 saturated heterocycles. The molecule has 0 radical (unpaired) electrons. The molecule has 1 heterocycles. The van der Waals surface area contributed by atoms with Gasteiger partial charge in [-0.05, 0) is 31.0 Å². The van der Waals surface area contributed by atoms with Crippen molar-refractivity contribution in [1.82, 2.24) is 0 Å². The van der Waals surface area contributed by atoms with Gasteiger partial charge in [0.15, 0.2) is 0 Å². The first-order valence-corrected chi connectivity index (χ1v) is 6.40. The number of nitrogens with one attached hydrogen (secondary N) is 1. The lowest BCUT2D eigenvalue weighted by Gasteiger charge is -2.12. The van der Waals surface area contributed by atoms with Crippen molar-refractivity contribution in [1.29, 1.82) is 0 Å². The summed E-state index contributed by atoms with van der Waals surface area (Å²) in [4.78, 5) is 11.9. The lowest BCUT2D eigenvalue weighted by molar-refractivity contribution is -0.126. The zero-order valence-electron chi connectivity index (χ0n) is 9.36. The van der Waals surface area contributed by atoms with Crippen LogP contribution >= 0.6 is 15.9 Å². The van der Waals surface area contributed by atoms with Gasteiger partial charge in [-0.1, -0.05) is 22.0 Å². The highest BCUT2D eigenvalue weighted by atomic mass is 79.9. The molecule has 2 atom stereocenters. The van der Waals surface area contributed by atoms with E-state index in [0.717, 1.165) is 23.0 Å². The topological polar surface area (TPSA) is 64.4 Å². The Kier molecular flexibility index (Phi) is 4.15. The quantitative estimate of drug-likeness (QED) is 0.896. The van der Waals surface area contributed by atoms with Crippen LogP contribution < -0.4 is 11.1 Å². The van der Waals surface area contributed by atoms with Crippen LogP contribution in [0.3, 0.4) is 0 Å². The summed E-state index contributed by atoms with van der Waals surface area (Å²) in [6.45, 7) is 0.473. The lowest BCUT2D eigenvalue weighted by Crippen LogP contribution is -2.29. The van der Waals surface area contributed by atoms with Crippen LogP contribution in [0.15, 0.2) is 28.7 Å². The van der Waals surface area contributed by atoms with Gasteiger partial charge in [-0.3, -0.25) is 4.79 Å². The zero-order chi connectivity index (χ0) is 12.3. The van der Waals surface area contributed by atoms with E-state index < -0.39 is 0 Å². The molecule has 1 aromatic carbocycles. The average Bonchev–Trinajstić information content (AvgIpc) is 2.77. The van der Waals surface area contributed by atoms with E-state index in [9.17, 15) is 4.79 Å². The fraction of sp³-hybridized carbons (Fsp3) is 0.417. The average molecular weight is 299 g/mol. The molecule has 92 valence electrons. The normalized spacial score (nSPS) is 23.6. The number of carbonyl (C=O) groups is 1. The first-order chi connectivity index (χ1) is 8.19. The van der Waals surface area contributed by atoms with E-state index in [1.165, 1.54) is 0 Å². The summed E-state index contributed by atoms with van der Waals surface area (Å²) in [6.07, 6.45) is 1.24. The molecule has 0 saturated carbocycles. The van der Waals surface area contributed by atoms with E-state index in [1.54, 1.807) is 0 Å². The summed E-state index contributed by atoms with van der Waals surface area (Å²) < 4.78 is 6.46. The SMILES string of the molecule is NCC1CCC(C(=O)Nc2cccc(Br)c2)O1. The van der Waals surface area contributed by atoms with E-state index in [4.69, 9.17) is 10.5 Å². The van der Waals surface area contributed by atoms with Gasteiger partial charge in [0.1, 0.15) is 6.10 Å². The van der Waals surface area contributed by atoms with Gasteiger partial charge in [0.25, 0.3) is 5.91 Å². The minimum absolute atomic E-state index is 0.0215. The number of amides is 1. The molecule has 2 unspecified atom stereocenters. The van der Waals surface area contributed by atoms with Crippen LogP contribution in [0.1, 0.15) is 12.8 Å². The number of hydrogen-bond acceptors (Lipinski definition) is 3. The van der Waals surface area contributed by atoms with Crippen LogP contribution in [-0.2, 0) is 9.53 Å². The second-order valence-corrected chi connectivity index (χ2v) is 4.98. The number of benzene rings is 1. The van der Waals surface area contributed by atoms with Gasteiger partial charge in [-0.15, -0.1) is 0 Å². The minimum atomic E-state index is -0.373. The van der Waals surface area contributed by atoms with Crippen LogP contribution in [0.4, 0.5) is 5.69 Å². The summed E-state index contributed by atoms with van der Waals surface area (Å²) >= 11 is 3.36. The van der Waals surface area contributed by atoms with Crippen molar-refractivity contribution in [2.75, 3.05) is 11.9 Å². The molecule has 17 heavy (non-hydrogen) atoms. The third-order valence-corrected chi connectivity index (χ3v) is 3.25. The Morgan fingerprint density at radius 3 is 3.00 bits per heavy atom. The minimum Gasteiger partial charge on any atom is -0.364 e. The van der Waals surface area contributed by atoms with Gasteiger partial charge in [0.05, 0.1) is 6.10 Å². The summed E-state index contributed by atoms with van der Waals surface area (Å²) in [5, 5.41) is 2.83. The molecule has 0 spiro atoms. The number of anilines is 1. The van der Waals surface area contributed by atoms with Gasteiger partial charge in [0, 0.05) is 16.7 Å². The molecular formula is C12H15BrN2O2. The molecule has 5 heteroatoms. The van der Waals surface area contributed by atoms with Crippen LogP contribution in [-0.4, -0.2) is 24.7 Å². The third-order valence-electron chi connectivity index (χ3n) is 2.76. The van der Waals surface area contributed by atoms with Crippen molar-refractivity contribution in [2.24, 2.45) is 5.73 Å². The molecule has 2 rings (SSSR count). The maximum atomic E-state index is 11.9. The van der Waals surface area contributed by atoms with Crippen molar-refractivity contribution in [3.63, 3.8) is 0 Å². The van der Waals surface area contributed by atoms with E-state index in [2.05, 4.69) is 21.2 Å². The van der Waals surface area contributed by atoms with E-state index in [0.29, 0.717) is 6.54 Å². The predicted molar refractivity (Wildman–Crippen MR) is 69.7 cm³/mol. The highest BCUT2D eigenvalue weighted by Gasteiger charge is 2.29. The Morgan fingerprint density at radius 1 is 1.53 bits per heavy atom. The molecule has 1 amide bonds. The second-order valence-electron chi connectivity index (χ2n) is 4.06. The highest BCUT2D eigenvalue weighted by molar-refractivity contribution is 9.10. The Morgan fingerprint density at radius 2 is 2.35 bits per heavy atom. The Hall–Kier alpha value is -0.910. The highest BCUT2D eigenvalue weighted by Crippen LogP contribution is 2.21. The second kappa shape index (κ2) is 5.62. The smallest absolute Gasteiger partial charge is 0.253 e. The number of ether oxygens (including phenoxy) is 1. The number of rotatable bonds is 3. The molecule has 0 aliphatic carbocycles. The molecular weight excluding hydrogens is 284 g/mol. The predicted octanol–water partition coefficient (Wildman–Crippen LogP) is 1.89.